The van der Waals surface area contributed by atoms with Gasteiger partial charge in [-0.15, -0.1) is 17.0 Å². The van der Waals surface area contributed by atoms with E-state index in [1.807, 2.05) is 12.1 Å². The number of anilines is 1. The third-order valence-electron chi connectivity index (χ3n) is 4.09. The average Bonchev–Trinajstić information content (AvgIpc) is 2.55. The van der Waals surface area contributed by atoms with E-state index < -0.39 is 0 Å². The van der Waals surface area contributed by atoms with Crippen molar-refractivity contribution >= 4 is 34.6 Å². The molecule has 0 radical (unpaired) electrons. The second-order valence-electron chi connectivity index (χ2n) is 5.39. The standard InChI is InChI=1S/C18H15FN2.BrH/c19-15-8-5-13(6-9-15)16-11-12-21-17-4-2-1-3-14(17)7-10-18(21)20-16;/h1-10,16H,11-12H2;1H. The van der Waals surface area contributed by atoms with Crippen LogP contribution in [-0.4, -0.2) is 12.4 Å². The summed E-state index contributed by atoms with van der Waals surface area (Å²) in [7, 11) is 0. The Morgan fingerprint density at radius 2 is 1.77 bits per heavy atom. The van der Waals surface area contributed by atoms with Gasteiger partial charge in [0.25, 0.3) is 0 Å². The van der Waals surface area contributed by atoms with Gasteiger partial charge in [0.15, 0.2) is 0 Å². The Morgan fingerprint density at radius 1 is 1.00 bits per heavy atom. The molecular formula is C18H16BrFN2. The van der Waals surface area contributed by atoms with Gasteiger partial charge in [-0.05, 0) is 47.9 Å². The highest BCUT2D eigenvalue weighted by Gasteiger charge is 2.25. The fourth-order valence-corrected chi connectivity index (χ4v) is 3.00. The Bertz CT molecular complexity index is 737. The van der Waals surface area contributed by atoms with Crippen molar-refractivity contribution in [2.75, 3.05) is 11.4 Å². The number of amidine groups is 1. The SMILES string of the molecule is Br.Fc1ccc(C2CCN3C(=N2)C=Cc2ccccc23)cc1. The van der Waals surface area contributed by atoms with Crippen molar-refractivity contribution in [1.29, 1.82) is 0 Å². The van der Waals surface area contributed by atoms with Crippen molar-refractivity contribution in [2.24, 2.45) is 4.99 Å². The van der Waals surface area contributed by atoms with Crippen molar-refractivity contribution in [1.82, 2.24) is 0 Å². The quantitative estimate of drug-likeness (QED) is 0.716. The van der Waals surface area contributed by atoms with Crippen LogP contribution >= 0.6 is 17.0 Å². The lowest BCUT2D eigenvalue weighted by Gasteiger charge is -2.34. The van der Waals surface area contributed by atoms with E-state index in [9.17, 15) is 4.39 Å². The zero-order valence-electron chi connectivity index (χ0n) is 11.9. The number of halogens is 2. The van der Waals surface area contributed by atoms with Gasteiger partial charge in [-0.2, -0.15) is 0 Å². The Morgan fingerprint density at radius 3 is 2.59 bits per heavy atom. The highest BCUT2D eigenvalue weighted by atomic mass is 79.9. The van der Waals surface area contributed by atoms with Crippen molar-refractivity contribution in [3.05, 3.63) is 71.6 Å². The molecule has 0 saturated heterocycles. The van der Waals surface area contributed by atoms with E-state index in [4.69, 9.17) is 4.99 Å². The fraction of sp³-hybridized carbons (Fsp3) is 0.167. The minimum Gasteiger partial charge on any atom is -0.326 e. The summed E-state index contributed by atoms with van der Waals surface area (Å²) in [5.41, 5.74) is 3.53. The lowest BCUT2D eigenvalue weighted by Crippen LogP contribution is -2.37. The highest BCUT2D eigenvalue weighted by Crippen LogP contribution is 2.33. The molecule has 2 nitrogen and oxygen atoms in total. The van der Waals surface area contributed by atoms with Crippen molar-refractivity contribution in [2.45, 2.75) is 12.5 Å². The summed E-state index contributed by atoms with van der Waals surface area (Å²) in [6.07, 6.45) is 5.12. The van der Waals surface area contributed by atoms with Gasteiger partial charge >= 0.3 is 0 Å². The second kappa shape index (κ2) is 6.05. The summed E-state index contributed by atoms with van der Waals surface area (Å²) in [6.45, 7) is 0.933. The van der Waals surface area contributed by atoms with E-state index in [0.717, 1.165) is 24.4 Å². The van der Waals surface area contributed by atoms with Gasteiger partial charge in [0, 0.05) is 12.2 Å². The van der Waals surface area contributed by atoms with Gasteiger partial charge in [0.1, 0.15) is 11.7 Å². The zero-order chi connectivity index (χ0) is 14.2. The Balaban J connectivity index is 0.00000144. The molecule has 0 amide bonds. The van der Waals surface area contributed by atoms with Crippen LogP contribution in [0.5, 0.6) is 0 Å². The van der Waals surface area contributed by atoms with Gasteiger partial charge in [-0.1, -0.05) is 30.3 Å². The first-order valence-corrected chi connectivity index (χ1v) is 7.19. The first-order chi connectivity index (χ1) is 10.3. The number of nitrogens with zero attached hydrogens (tertiary/aromatic N) is 2. The van der Waals surface area contributed by atoms with E-state index >= 15 is 0 Å². The van der Waals surface area contributed by atoms with E-state index in [1.165, 1.54) is 23.4 Å². The normalized spacial score (nSPS) is 18.9. The number of rotatable bonds is 1. The summed E-state index contributed by atoms with van der Waals surface area (Å²) in [6, 6.07) is 15.2. The molecule has 2 aromatic carbocycles. The van der Waals surface area contributed by atoms with Gasteiger partial charge in [0.2, 0.25) is 0 Å². The molecule has 2 aromatic rings. The maximum absolute atomic E-state index is 13.0. The summed E-state index contributed by atoms with van der Waals surface area (Å²) < 4.78 is 13.0. The molecule has 4 heteroatoms. The topological polar surface area (TPSA) is 15.6 Å². The number of benzene rings is 2. The van der Waals surface area contributed by atoms with Crippen molar-refractivity contribution in [3.63, 3.8) is 0 Å². The molecule has 4 rings (SSSR count). The molecule has 0 saturated carbocycles. The third kappa shape index (κ3) is 2.59. The summed E-state index contributed by atoms with van der Waals surface area (Å²) in [5.74, 6) is 0.796. The van der Waals surface area contributed by atoms with Crippen LogP contribution in [0.3, 0.4) is 0 Å². The number of para-hydroxylation sites is 1. The van der Waals surface area contributed by atoms with Gasteiger partial charge in [-0.3, -0.25) is 4.99 Å². The molecule has 22 heavy (non-hydrogen) atoms. The van der Waals surface area contributed by atoms with Crippen LogP contribution in [0.1, 0.15) is 23.6 Å². The molecule has 2 aliphatic rings. The van der Waals surface area contributed by atoms with Crippen molar-refractivity contribution in [3.8, 4) is 0 Å². The number of hydrogen-bond donors (Lipinski definition) is 0. The number of aliphatic imine (C=N–C) groups is 1. The van der Waals surface area contributed by atoms with Crippen LogP contribution in [-0.2, 0) is 0 Å². The number of hydrogen-bond acceptors (Lipinski definition) is 2. The van der Waals surface area contributed by atoms with E-state index in [-0.39, 0.29) is 28.8 Å². The zero-order valence-corrected chi connectivity index (χ0v) is 13.7. The molecule has 1 atom stereocenters. The van der Waals surface area contributed by atoms with Crippen LogP contribution in [0, 0.1) is 5.82 Å². The molecule has 1 unspecified atom stereocenters. The molecule has 0 bridgehead atoms. The summed E-state index contributed by atoms with van der Waals surface area (Å²) in [5, 5.41) is 0. The summed E-state index contributed by atoms with van der Waals surface area (Å²) in [4.78, 5) is 7.10. The molecule has 0 fully saturated rings. The first-order valence-electron chi connectivity index (χ1n) is 7.19. The lowest BCUT2D eigenvalue weighted by atomic mass is 9.99. The minimum atomic E-state index is -0.199. The molecule has 0 aliphatic carbocycles. The fourth-order valence-electron chi connectivity index (χ4n) is 3.00. The predicted octanol–water partition coefficient (Wildman–Crippen LogP) is 4.78. The molecule has 0 N–H and O–H groups in total. The molecule has 112 valence electrons. The monoisotopic (exact) mass is 358 g/mol. The Kier molecular flexibility index (Phi) is 4.12. The molecule has 2 heterocycles. The maximum atomic E-state index is 13.0. The largest absolute Gasteiger partial charge is 0.326 e. The van der Waals surface area contributed by atoms with Crippen LogP contribution < -0.4 is 4.90 Å². The molecule has 0 spiro atoms. The Hall–Kier alpha value is -1.94. The predicted molar refractivity (Wildman–Crippen MR) is 94.3 cm³/mol. The molecular weight excluding hydrogens is 343 g/mol. The highest BCUT2D eigenvalue weighted by molar-refractivity contribution is 8.93. The van der Waals surface area contributed by atoms with Gasteiger partial charge < -0.3 is 4.90 Å². The average molecular weight is 359 g/mol. The summed E-state index contributed by atoms with van der Waals surface area (Å²) >= 11 is 0. The lowest BCUT2D eigenvalue weighted by molar-refractivity contribution is 0.614. The van der Waals surface area contributed by atoms with Crippen LogP contribution in [0.15, 0.2) is 59.6 Å². The van der Waals surface area contributed by atoms with Crippen LogP contribution in [0.25, 0.3) is 6.08 Å². The second-order valence-corrected chi connectivity index (χ2v) is 5.39. The first kappa shape index (κ1) is 15.0. The van der Waals surface area contributed by atoms with Gasteiger partial charge in [-0.25, -0.2) is 4.39 Å². The van der Waals surface area contributed by atoms with Crippen molar-refractivity contribution < 1.29 is 4.39 Å². The maximum Gasteiger partial charge on any atom is 0.128 e. The van der Waals surface area contributed by atoms with Crippen LogP contribution in [0.4, 0.5) is 10.1 Å². The molecule has 0 aromatic heterocycles. The minimum absolute atomic E-state index is 0. The number of fused-ring (bicyclic) bond motifs is 3. The van der Waals surface area contributed by atoms with Gasteiger partial charge in [0.05, 0.1) is 6.04 Å². The Labute approximate surface area is 139 Å². The van der Waals surface area contributed by atoms with E-state index in [0.29, 0.717) is 0 Å². The van der Waals surface area contributed by atoms with Crippen LogP contribution in [0.2, 0.25) is 0 Å². The molecule has 2 aliphatic heterocycles. The van der Waals surface area contributed by atoms with E-state index in [1.54, 1.807) is 0 Å². The van der Waals surface area contributed by atoms with E-state index in [2.05, 4.69) is 41.3 Å². The smallest absolute Gasteiger partial charge is 0.128 e. The third-order valence-corrected chi connectivity index (χ3v) is 4.09.